The molecule has 2 amide bonds. The minimum atomic E-state index is -0.794. The van der Waals surface area contributed by atoms with Crippen molar-refractivity contribution in [3.05, 3.63) is 34.3 Å². The van der Waals surface area contributed by atoms with E-state index in [2.05, 4.69) is 21.2 Å². The lowest BCUT2D eigenvalue weighted by atomic mass is 9.91. The molecule has 1 aliphatic heterocycles. The zero-order valence-corrected chi connectivity index (χ0v) is 14.2. The van der Waals surface area contributed by atoms with Gasteiger partial charge >= 0.3 is 0 Å². The molecule has 0 aliphatic carbocycles. The second-order valence-corrected chi connectivity index (χ2v) is 6.57. The van der Waals surface area contributed by atoms with Gasteiger partial charge in [-0.25, -0.2) is 0 Å². The van der Waals surface area contributed by atoms with E-state index in [1.807, 2.05) is 38.1 Å². The molecule has 1 aromatic rings. The maximum atomic E-state index is 12.8. The lowest BCUT2D eigenvalue weighted by Gasteiger charge is -2.44. The Kier molecular flexibility index (Phi) is 4.71. The van der Waals surface area contributed by atoms with Gasteiger partial charge in [0.15, 0.2) is 0 Å². The molecule has 0 saturated carbocycles. The van der Waals surface area contributed by atoms with E-state index in [9.17, 15) is 9.59 Å². The van der Waals surface area contributed by atoms with Crippen LogP contribution in [0, 0.1) is 0 Å². The van der Waals surface area contributed by atoms with E-state index < -0.39 is 5.54 Å². The highest BCUT2D eigenvalue weighted by atomic mass is 79.9. The summed E-state index contributed by atoms with van der Waals surface area (Å²) in [5, 5.41) is 2.88. The first kappa shape index (κ1) is 16.0. The molecule has 1 aromatic carbocycles. The van der Waals surface area contributed by atoms with Crippen LogP contribution >= 0.6 is 15.9 Å². The average molecular weight is 353 g/mol. The van der Waals surface area contributed by atoms with Crippen LogP contribution in [0.4, 0.5) is 0 Å². The van der Waals surface area contributed by atoms with Crippen LogP contribution in [0.25, 0.3) is 0 Å². The molecule has 2 atom stereocenters. The highest BCUT2D eigenvalue weighted by molar-refractivity contribution is 9.10. The Labute approximate surface area is 134 Å². The zero-order valence-electron chi connectivity index (χ0n) is 12.6. The van der Waals surface area contributed by atoms with Crippen LogP contribution in [0.15, 0.2) is 28.7 Å². The molecule has 1 saturated heterocycles. The topological polar surface area (TPSA) is 49.4 Å². The van der Waals surface area contributed by atoms with Crippen molar-refractivity contribution in [2.45, 2.75) is 51.7 Å². The molecule has 114 valence electrons. The van der Waals surface area contributed by atoms with Crippen molar-refractivity contribution in [3.63, 3.8) is 0 Å². The normalized spacial score (nSPS) is 25.9. The maximum Gasteiger partial charge on any atom is 0.249 e. The Hall–Kier alpha value is -1.36. The van der Waals surface area contributed by atoms with E-state index in [0.29, 0.717) is 19.4 Å². The predicted molar refractivity (Wildman–Crippen MR) is 85.6 cm³/mol. The van der Waals surface area contributed by atoms with E-state index in [4.69, 9.17) is 0 Å². The van der Waals surface area contributed by atoms with E-state index in [-0.39, 0.29) is 17.9 Å². The van der Waals surface area contributed by atoms with E-state index in [0.717, 1.165) is 10.0 Å². The summed E-state index contributed by atoms with van der Waals surface area (Å²) >= 11 is 3.40. The summed E-state index contributed by atoms with van der Waals surface area (Å²) < 4.78 is 0.999. The van der Waals surface area contributed by atoms with Crippen LogP contribution in [0.3, 0.4) is 0 Å². The summed E-state index contributed by atoms with van der Waals surface area (Å²) in [5.74, 6) is -0.0575. The quantitative estimate of drug-likeness (QED) is 0.905. The third kappa shape index (κ3) is 3.12. The summed E-state index contributed by atoms with van der Waals surface area (Å²) in [5.41, 5.74) is 0.233. The van der Waals surface area contributed by atoms with Gasteiger partial charge in [-0.1, -0.05) is 41.9 Å². The van der Waals surface area contributed by atoms with E-state index in [1.54, 1.807) is 11.8 Å². The number of benzene rings is 1. The Morgan fingerprint density at radius 2 is 1.86 bits per heavy atom. The molecule has 2 rings (SSSR count). The number of amides is 2. The second-order valence-electron chi connectivity index (χ2n) is 5.66. The fraction of sp³-hybridized carbons (Fsp3) is 0.500. The predicted octanol–water partition coefficient (Wildman–Crippen LogP) is 2.85. The Morgan fingerprint density at radius 3 is 2.38 bits per heavy atom. The molecule has 0 radical (unpaired) electrons. The molecular weight excluding hydrogens is 332 g/mol. The first-order chi connectivity index (χ1) is 9.91. The number of carbonyl (C=O) groups excluding carboxylic acids is 2. The molecule has 5 heteroatoms. The first-order valence-electron chi connectivity index (χ1n) is 7.28. The molecule has 4 nitrogen and oxygen atoms in total. The molecule has 0 bridgehead atoms. The van der Waals surface area contributed by atoms with Crippen molar-refractivity contribution in [1.29, 1.82) is 0 Å². The fourth-order valence-electron chi connectivity index (χ4n) is 2.62. The number of rotatable bonds is 4. The first-order valence-corrected chi connectivity index (χ1v) is 8.08. The fourth-order valence-corrected chi connectivity index (χ4v) is 2.89. The molecule has 1 N–H and O–H groups in total. The van der Waals surface area contributed by atoms with E-state index in [1.165, 1.54) is 0 Å². The molecule has 1 fully saturated rings. The minimum Gasteiger partial charge on any atom is -0.340 e. The van der Waals surface area contributed by atoms with Crippen LogP contribution < -0.4 is 5.32 Å². The second kappa shape index (κ2) is 6.18. The lowest BCUT2D eigenvalue weighted by molar-refractivity contribution is -0.155. The Morgan fingerprint density at radius 1 is 1.24 bits per heavy atom. The van der Waals surface area contributed by atoms with E-state index >= 15 is 0 Å². The number of nitrogens with zero attached hydrogens (tertiary/aromatic N) is 1. The van der Waals surface area contributed by atoms with Gasteiger partial charge in [-0.2, -0.15) is 0 Å². The molecule has 0 aromatic heterocycles. The summed E-state index contributed by atoms with van der Waals surface area (Å²) in [6.07, 6.45) is 1.21. The Bertz CT molecular complexity index is 544. The van der Waals surface area contributed by atoms with Crippen LogP contribution in [0.1, 0.15) is 39.2 Å². The highest BCUT2D eigenvalue weighted by Gasteiger charge is 2.46. The van der Waals surface area contributed by atoms with Crippen molar-refractivity contribution in [3.8, 4) is 0 Å². The van der Waals surface area contributed by atoms with Crippen LogP contribution in [0.5, 0.6) is 0 Å². The van der Waals surface area contributed by atoms with Gasteiger partial charge in [0.05, 0.1) is 0 Å². The van der Waals surface area contributed by atoms with Crippen LogP contribution in [0.2, 0.25) is 0 Å². The molecule has 2 unspecified atom stereocenters. The molecule has 1 aliphatic rings. The van der Waals surface area contributed by atoms with Gasteiger partial charge in [-0.3, -0.25) is 9.59 Å². The highest BCUT2D eigenvalue weighted by Crippen LogP contribution is 2.25. The number of hydrogen-bond acceptors (Lipinski definition) is 2. The van der Waals surface area contributed by atoms with Gasteiger partial charge in [0.1, 0.15) is 11.6 Å². The minimum absolute atomic E-state index is 0.000584. The maximum absolute atomic E-state index is 12.8. The lowest BCUT2D eigenvalue weighted by Crippen LogP contribution is -2.68. The summed E-state index contributed by atoms with van der Waals surface area (Å²) in [4.78, 5) is 26.8. The van der Waals surface area contributed by atoms with Crippen molar-refractivity contribution in [2.24, 2.45) is 0 Å². The van der Waals surface area contributed by atoms with Crippen LogP contribution in [-0.4, -0.2) is 28.3 Å². The standard InChI is InChI=1S/C16H21BrN2O2/c1-4-13-14(20)18-16(3,5-2)15(21)19(13)10-11-6-8-12(17)9-7-11/h6-9,13H,4-5,10H2,1-3H3,(H,18,20). The summed E-state index contributed by atoms with van der Waals surface area (Å²) in [6, 6.07) is 7.45. The molecule has 1 heterocycles. The molecule has 21 heavy (non-hydrogen) atoms. The van der Waals surface area contributed by atoms with Gasteiger partial charge in [-0.15, -0.1) is 0 Å². The number of piperazine rings is 1. The monoisotopic (exact) mass is 352 g/mol. The SMILES string of the molecule is CCC1C(=O)NC(C)(CC)C(=O)N1Cc1ccc(Br)cc1. The average Bonchev–Trinajstić information content (AvgIpc) is 2.47. The van der Waals surface area contributed by atoms with Crippen LogP contribution in [-0.2, 0) is 16.1 Å². The third-order valence-corrected chi connectivity index (χ3v) is 4.70. The molecular formula is C16H21BrN2O2. The number of hydrogen-bond donors (Lipinski definition) is 1. The molecule has 0 spiro atoms. The summed E-state index contributed by atoms with van der Waals surface area (Å²) in [7, 11) is 0. The number of halogens is 1. The van der Waals surface area contributed by atoms with Gasteiger partial charge in [0.25, 0.3) is 0 Å². The number of carbonyl (C=O) groups is 2. The van der Waals surface area contributed by atoms with Gasteiger partial charge in [0, 0.05) is 11.0 Å². The zero-order chi connectivity index (χ0) is 15.6. The van der Waals surface area contributed by atoms with Gasteiger partial charge < -0.3 is 10.2 Å². The Balaban J connectivity index is 2.29. The smallest absolute Gasteiger partial charge is 0.249 e. The third-order valence-electron chi connectivity index (χ3n) is 4.17. The van der Waals surface area contributed by atoms with Gasteiger partial charge in [-0.05, 0) is 37.5 Å². The van der Waals surface area contributed by atoms with Crippen molar-refractivity contribution >= 4 is 27.7 Å². The largest absolute Gasteiger partial charge is 0.340 e. The number of nitrogens with one attached hydrogen (secondary N) is 1. The van der Waals surface area contributed by atoms with Crippen molar-refractivity contribution in [2.75, 3.05) is 0 Å². The van der Waals surface area contributed by atoms with Crippen molar-refractivity contribution in [1.82, 2.24) is 10.2 Å². The summed E-state index contributed by atoms with van der Waals surface area (Å²) in [6.45, 7) is 6.12. The van der Waals surface area contributed by atoms with Crippen molar-refractivity contribution < 1.29 is 9.59 Å². The van der Waals surface area contributed by atoms with Gasteiger partial charge in [0.2, 0.25) is 11.8 Å².